The van der Waals surface area contributed by atoms with Gasteiger partial charge in [-0.1, -0.05) is 61.0 Å². The summed E-state index contributed by atoms with van der Waals surface area (Å²) in [5, 5.41) is 33.1. The molecule has 400 valence electrons. The molecule has 11 N–H and O–H groups in total. The number of likely N-dealkylation sites (tertiary alicyclic amines) is 1. The van der Waals surface area contributed by atoms with Crippen LogP contribution in [0.3, 0.4) is 0 Å². The van der Waals surface area contributed by atoms with Crippen molar-refractivity contribution < 1.29 is 62.5 Å². The Morgan fingerprint density at radius 1 is 1.01 bits per heavy atom. The average molecular weight is 1050 g/mol. The highest BCUT2D eigenvalue weighted by molar-refractivity contribution is 8.03. The second kappa shape index (κ2) is 25.5. The van der Waals surface area contributed by atoms with E-state index in [2.05, 4.69) is 60.4 Å². The number of amides is 7. The fraction of sp³-hybridized carbons (Fsp3) is 0.653. The van der Waals surface area contributed by atoms with Crippen LogP contribution in [-0.4, -0.2) is 151 Å². The van der Waals surface area contributed by atoms with Gasteiger partial charge in [0, 0.05) is 56.4 Å². The Labute approximate surface area is 427 Å². The highest BCUT2D eigenvalue weighted by atomic mass is 32.2. The molecule has 0 unspecified atom stereocenters. The van der Waals surface area contributed by atoms with Crippen LogP contribution in [0.5, 0.6) is 5.75 Å². The third-order valence-electron chi connectivity index (χ3n) is 14.3. The number of nitrogens with one attached hydrogen (secondary N) is 5. The van der Waals surface area contributed by atoms with Crippen molar-refractivity contribution in [1.29, 1.82) is 0 Å². The molecule has 0 aromatic heterocycles. The summed E-state index contributed by atoms with van der Waals surface area (Å²) in [7, 11) is -0.796. The first-order valence-corrected chi connectivity index (χ1v) is 28.5. The number of primary amides is 1. The van der Waals surface area contributed by atoms with E-state index < -0.39 is 135 Å². The number of aliphatic carboxylic acids is 1. The monoisotopic (exact) mass is 1040 g/mol. The molecule has 1 aromatic carbocycles. The summed E-state index contributed by atoms with van der Waals surface area (Å²) < 4.78 is 12.3. The molecule has 23 heteroatoms. The normalized spacial score (nSPS) is 23.9. The second-order valence-electron chi connectivity index (χ2n) is 20.6. The molecule has 21 nitrogen and oxygen atoms in total. The lowest BCUT2D eigenvalue weighted by atomic mass is 9.92. The van der Waals surface area contributed by atoms with Crippen molar-refractivity contribution in [2.24, 2.45) is 23.3 Å². The Morgan fingerprint density at radius 3 is 2.29 bits per heavy atom. The topological polar surface area (TPSA) is 328 Å². The number of ether oxygens (including phenoxy) is 1. The van der Waals surface area contributed by atoms with E-state index in [1.165, 1.54) is 7.11 Å². The number of carboxylic acids is 1. The lowest BCUT2D eigenvalue weighted by Crippen LogP contribution is -2.58. The number of thioether (sulfide) groups is 1. The summed E-state index contributed by atoms with van der Waals surface area (Å²) in [4.78, 5) is 124. The van der Waals surface area contributed by atoms with Gasteiger partial charge in [-0.15, -0.1) is 11.8 Å². The van der Waals surface area contributed by atoms with E-state index in [1.807, 2.05) is 19.9 Å². The first kappa shape index (κ1) is 59.2. The SMILES string of the molecule is CC[C@H](O[Si](C)(C)C(C)(C)C)[C@H](C)[C@H](N)C(=O)N[C@@H]1CC2=C(Cc3cc(OC)ccc32)SC[C@H](C(=O)N[C@@H](CC(N)=O)C(=O)N2C[C@H](O)C[C@H]2C(=O)O)NC(=O)CNC(=O)[C@H]([C@@H](C)CC)NC(=O)CCC1=O. The zero-order valence-corrected chi connectivity index (χ0v) is 45.0. The van der Waals surface area contributed by atoms with Crippen molar-refractivity contribution in [3.8, 4) is 5.75 Å². The maximum atomic E-state index is 14.5. The molecule has 1 aliphatic carbocycles. The summed E-state index contributed by atoms with van der Waals surface area (Å²) in [6, 6.07) is -2.77. The van der Waals surface area contributed by atoms with E-state index in [0.717, 1.165) is 22.2 Å². The lowest BCUT2D eigenvalue weighted by Gasteiger charge is -2.41. The summed E-state index contributed by atoms with van der Waals surface area (Å²) in [6.07, 6.45) is -2.08. The molecule has 2 aliphatic heterocycles. The second-order valence-corrected chi connectivity index (χ2v) is 26.5. The van der Waals surface area contributed by atoms with Gasteiger partial charge in [-0.3, -0.25) is 38.4 Å². The number of ketones is 1. The van der Waals surface area contributed by atoms with Crippen LogP contribution >= 0.6 is 11.8 Å². The molecule has 10 atom stereocenters. The number of benzene rings is 1. The number of methoxy groups -OCH3 is 1. The molecule has 0 radical (unpaired) electrons. The largest absolute Gasteiger partial charge is 0.497 e. The number of nitrogens with zero attached hydrogens (tertiary/aromatic N) is 1. The molecule has 2 heterocycles. The molecule has 3 aliphatic rings. The van der Waals surface area contributed by atoms with Crippen LogP contribution in [0.4, 0.5) is 0 Å². The van der Waals surface area contributed by atoms with Crippen molar-refractivity contribution in [1.82, 2.24) is 31.5 Å². The lowest BCUT2D eigenvalue weighted by molar-refractivity contribution is -0.149. The minimum absolute atomic E-state index is 0.0879. The van der Waals surface area contributed by atoms with Crippen LogP contribution in [0, 0.1) is 11.8 Å². The third kappa shape index (κ3) is 15.3. The minimum Gasteiger partial charge on any atom is -0.497 e. The number of aliphatic hydroxyl groups excluding tert-OH is 1. The Kier molecular flexibility index (Phi) is 21.0. The summed E-state index contributed by atoms with van der Waals surface area (Å²) in [6.45, 7) is 16.9. The van der Waals surface area contributed by atoms with Crippen LogP contribution in [0.25, 0.3) is 5.57 Å². The maximum absolute atomic E-state index is 14.5. The predicted molar refractivity (Wildman–Crippen MR) is 272 cm³/mol. The number of β-amino-alcohol motifs (C(OH)–C–C–N with tert-alkyl or cyclic N) is 1. The maximum Gasteiger partial charge on any atom is 0.326 e. The van der Waals surface area contributed by atoms with Crippen LogP contribution in [0.2, 0.25) is 18.1 Å². The van der Waals surface area contributed by atoms with Gasteiger partial charge in [0.15, 0.2) is 14.1 Å². The van der Waals surface area contributed by atoms with Crippen molar-refractivity contribution >= 4 is 78.8 Å². The van der Waals surface area contributed by atoms with E-state index in [0.29, 0.717) is 34.6 Å². The molecule has 0 saturated carbocycles. The first-order chi connectivity index (χ1) is 33.6. The Bertz CT molecular complexity index is 2260. The fourth-order valence-electron chi connectivity index (χ4n) is 8.65. The molecule has 1 saturated heterocycles. The number of carbonyl (C=O) groups is 9. The third-order valence-corrected chi connectivity index (χ3v) is 20.1. The molecule has 72 heavy (non-hydrogen) atoms. The summed E-state index contributed by atoms with van der Waals surface area (Å²) in [5.41, 5.74) is 14.3. The quantitative estimate of drug-likeness (QED) is 0.105. The summed E-state index contributed by atoms with van der Waals surface area (Å²) >= 11 is 1.13. The number of Topliss-reactive ketones (excluding diaryl/α,β-unsaturated/α-hetero) is 1. The molecule has 4 rings (SSSR count). The molecule has 1 fully saturated rings. The zero-order valence-electron chi connectivity index (χ0n) is 43.2. The molecule has 0 bridgehead atoms. The van der Waals surface area contributed by atoms with Crippen molar-refractivity contribution in [2.75, 3.05) is 26.0 Å². The van der Waals surface area contributed by atoms with Crippen LogP contribution < -0.4 is 42.8 Å². The average Bonchev–Trinajstić information content (AvgIpc) is 3.88. The fourth-order valence-corrected chi connectivity index (χ4v) is 11.4. The van der Waals surface area contributed by atoms with Crippen LogP contribution in [0.1, 0.15) is 105 Å². The summed E-state index contributed by atoms with van der Waals surface area (Å²) in [5.74, 6) is -8.27. The Balaban J connectivity index is 1.79. The van der Waals surface area contributed by atoms with Gasteiger partial charge in [0.05, 0.1) is 38.3 Å². The van der Waals surface area contributed by atoms with Gasteiger partial charge in [-0.2, -0.15) is 0 Å². The van der Waals surface area contributed by atoms with Crippen molar-refractivity contribution in [3.05, 3.63) is 34.2 Å². The highest BCUT2D eigenvalue weighted by Gasteiger charge is 2.44. The van der Waals surface area contributed by atoms with Crippen LogP contribution in [-0.2, 0) is 54.0 Å². The number of aliphatic hydroxyl groups is 1. The molecule has 7 amide bonds. The number of carbonyl (C=O) groups excluding carboxylic acids is 8. The van der Waals surface area contributed by atoms with Gasteiger partial charge in [0.25, 0.3) is 0 Å². The number of fused-ring (bicyclic) bond motifs is 2. The van der Waals surface area contributed by atoms with E-state index in [-0.39, 0.29) is 49.0 Å². The zero-order chi connectivity index (χ0) is 54.0. The van der Waals surface area contributed by atoms with Gasteiger partial charge in [0.2, 0.25) is 41.4 Å². The van der Waals surface area contributed by atoms with Gasteiger partial charge < -0.3 is 62.3 Å². The first-order valence-electron chi connectivity index (χ1n) is 24.6. The number of hydrogen-bond donors (Lipinski definition) is 9. The predicted octanol–water partition coefficient (Wildman–Crippen LogP) is 1.24. The van der Waals surface area contributed by atoms with E-state index in [1.54, 1.807) is 26.0 Å². The molecular formula is C49H76N8O13SSi. The van der Waals surface area contributed by atoms with E-state index in [9.17, 15) is 53.4 Å². The molecule has 1 aromatic rings. The standard InChI is InChI=1S/C49H76N8O13SSi/c1-11-25(3)43-46(65)52-22-41(62)53-34(44(63)55-33(21-39(50)60)47(66)57-23-28(58)19-35(57)48(67)68)24-71-38-18-27-17-29(69-8)13-14-30(27)31(38)20-32(36(59)15-16-40(61)56-43)54-45(64)42(51)26(4)37(12-2)70-72(9,10)49(5,6)7/h13-14,17,25-26,28,32-35,37,42-43,58H,11-12,15-16,18-24,51H2,1-10H3,(H2,50,60)(H,52,65)(H,53,62)(H,54,64)(H,55,63)(H,56,61)(H,67,68)/t25-,26-,28+,32+,33-,34+,35-,37-,42-,43-/m0/s1. The number of hydrogen-bond acceptors (Lipinski definition) is 14. The molecule has 0 spiro atoms. The minimum atomic E-state index is -2.30. The van der Waals surface area contributed by atoms with Crippen molar-refractivity contribution in [2.45, 2.75) is 166 Å². The smallest absolute Gasteiger partial charge is 0.326 e. The number of nitrogens with two attached hydrogens (primary N) is 2. The van der Waals surface area contributed by atoms with Gasteiger partial charge in [0.1, 0.15) is 29.9 Å². The van der Waals surface area contributed by atoms with Crippen LogP contribution in [0.15, 0.2) is 23.1 Å². The van der Waals surface area contributed by atoms with Gasteiger partial charge in [-0.05, 0) is 64.2 Å². The number of allylic oxidation sites excluding steroid dienone is 1. The Morgan fingerprint density at radius 2 is 1.69 bits per heavy atom. The Hall–Kier alpha value is -5.36. The van der Waals surface area contributed by atoms with Gasteiger partial charge >= 0.3 is 5.97 Å². The van der Waals surface area contributed by atoms with Crippen molar-refractivity contribution in [3.63, 3.8) is 0 Å². The van der Waals surface area contributed by atoms with E-state index in [4.69, 9.17) is 20.6 Å². The number of rotatable bonds is 16. The van der Waals surface area contributed by atoms with Gasteiger partial charge in [-0.25, -0.2) is 4.79 Å². The van der Waals surface area contributed by atoms with E-state index >= 15 is 0 Å². The highest BCUT2D eigenvalue weighted by Crippen LogP contribution is 2.43. The number of carboxylic acid groups (broad SMARTS) is 1. The molecular weight excluding hydrogens is 969 g/mol.